The number of benzene rings is 2. The van der Waals surface area contributed by atoms with Gasteiger partial charge in [0.1, 0.15) is 5.75 Å². The Kier molecular flexibility index (Phi) is 3.10. The predicted molar refractivity (Wildman–Crippen MR) is 84.5 cm³/mol. The molecule has 20 heavy (non-hydrogen) atoms. The van der Waals surface area contributed by atoms with Crippen LogP contribution in [0.15, 0.2) is 36.4 Å². The van der Waals surface area contributed by atoms with E-state index in [1.54, 1.807) is 7.11 Å². The molecule has 0 atom stereocenters. The fourth-order valence-electron chi connectivity index (χ4n) is 2.48. The summed E-state index contributed by atoms with van der Waals surface area (Å²) in [5.74, 6) is 0.885. The van der Waals surface area contributed by atoms with E-state index in [1.807, 2.05) is 19.1 Å². The zero-order chi connectivity index (χ0) is 14.3. The second-order valence-corrected chi connectivity index (χ2v) is 5.33. The first-order valence-electron chi connectivity index (χ1n) is 6.46. The van der Waals surface area contributed by atoms with Gasteiger partial charge in [0, 0.05) is 5.69 Å². The molecule has 2 aromatic carbocycles. The molecule has 0 aliphatic carbocycles. The van der Waals surface area contributed by atoms with Crippen molar-refractivity contribution < 1.29 is 4.74 Å². The van der Waals surface area contributed by atoms with Gasteiger partial charge in [-0.25, -0.2) is 0 Å². The molecule has 0 saturated carbocycles. The van der Waals surface area contributed by atoms with Crippen molar-refractivity contribution in [2.75, 3.05) is 7.11 Å². The van der Waals surface area contributed by atoms with Gasteiger partial charge in [0.15, 0.2) is 4.77 Å². The quantitative estimate of drug-likeness (QED) is 0.710. The number of aryl methyl sites for hydroxylation is 2. The minimum atomic E-state index is 0.704. The van der Waals surface area contributed by atoms with Crippen LogP contribution in [0.25, 0.3) is 16.7 Å². The van der Waals surface area contributed by atoms with E-state index in [-0.39, 0.29) is 0 Å². The molecule has 0 aliphatic heterocycles. The van der Waals surface area contributed by atoms with Crippen molar-refractivity contribution in [3.8, 4) is 11.4 Å². The van der Waals surface area contributed by atoms with E-state index in [2.05, 4.69) is 40.7 Å². The van der Waals surface area contributed by atoms with Crippen LogP contribution in [0.1, 0.15) is 11.1 Å². The Labute approximate surface area is 122 Å². The van der Waals surface area contributed by atoms with Crippen LogP contribution in [0.4, 0.5) is 0 Å². The van der Waals surface area contributed by atoms with Crippen LogP contribution >= 0.6 is 12.2 Å². The van der Waals surface area contributed by atoms with E-state index in [1.165, 1.54) is 5.56 Å². The number of nitrogens with one attached hydrogen (secondary N) is 1. The van der Waals surface area contributed by atoms with Gasteiger partial charge in [-0.1, -0.05) is 6.07 Å². The molecule has 0 amide bonds. The molecule has 0 bridgehead atoms. The Morgan fingerprint density at radius 3 is 2.60 bits per heavy atom. The van der Waals surface area contributed by atoms with E-state index >= 15 is 0 Å². The molecule has 3 nitrogen and oxygen atoms in total. The van der Waals surface area contributed by atoms with Crippen LogP contribution in [0.2, 0.25) is 0 Å². The Bertz CT molecular complexity index is 845. The highest BCUT2D eigenvalue weighted by atomic mass is 32.1. The second-order valence-electron chi connectivity index (χ2n) is 4.94. The first kappa shape index (κ1) is 12.9. The lowest BCUT2D eigenvalue weighted by molar-refractivity contribution is 0.411. The highest BCUT2D eigenvalue weighted by Gasteiger charge is 2.08. The maximum Gasteiger partial charge on any atom is 0.182 e. The summed E-state index contributed by atoms with van der Waals surface area (Å²) in [4.78, 5) is 3.26. The zero-order valence-corrected chi connectivity index (χ0v) is 12.5. The number of hydrogen-bond donors (Lipinski definition) is 1. The summed E-state index contributed by atoms with van der Waals surface area (Å²) in [7, 11) is 1.68. The number of ether oxygens (including phenoxy) is 1. The van der Waals surface area contributed by atoms with Gasteiger partial charge in [-0.05, 0) is 67.5 Å². The van der Waals surface area contributed by atoms with E-state index in [0.717, 1.165) is 28.0 Å². The van der Waals surface area contributed by atoms with Crippen LogP contribution in [0.3, 0.4) is 0 Å². The number of nitrogens with zero attached hydrogens (tertiary/aromatic N) is 1. The molecule has 3 aromatic rings. The Balaban J connectivity index is 2.26. The minimum absolute atomic E-state index is 0.704. The van der Waals surface area contributed by atoms with Crippen molar-refractivity contribution in [2.24, 2.45) is 0 Å². The van der Waals surface area contributed by atoms with Crippen molar-refractivity contribution in [1.29, 1.82) is 0 Å². The van der Waals surface area contributed by atoms with Crippen molar-refractivity contribution >= 4 is 23.3 Å². The largest absolute Gasteiger partial charge is 0.496 e. The SMILES string of the molecule is COc1ccc(-n2c(=S)[nH]c3cc(C)ccc32)cc1C. The van der Waals surface area contributed by atoms with Crippen LogP contribution < -0.4 is 4.74 Å². The average Bonchev–Trinajstić information content (AvgIpc) is 2.73. The summed E-state index contributed by atoms with van der Waals surface area (Å²) >= 11 is 5.46. The molecule has 0 spiro atoms. The third-order valence-corrected chi connectivity index (χ3v) is 3.76. The number of H-pyrrole nitrogens is 1. The summed E-state index contributed by atoms with van der Waals surface area (Å²) in [6.07, 6.45) is 0. The van der Waals surface area contributed by atoms with E-state index in [4.69, 9.17) is 17.0 Å². The fraction of sp³-hybridized carbons (Fsp3) is 0.188. The van der Waals surface area contributed by atoms with Crippen LogP contribution in [0, 0.1) is 18.6 Å². The van der Waals surface area contributed by atoms with E-state index < -0.39 is 0 Å². The zero-order valence-electron chi connectivity index (χ0n) is 11.7. The molecule has 0 fully saturated rings. The maximum absolute atomic E-state index is 5.46. The third kappa shape index (κ3) is 2.02. The Morgan fingerprint density at radius 2 is 1.90 bits per heavy atom. The predicted octanol–water partition coefficient (Wildman–Crippen LogP) is 4.31. The molecular formula is C16H16N2OS. The number of hydrogen-bond acceptors (Lipinski definition) is 2. The highest BCUT2D eigenvalue weighted by Crippen LogP contribution is 2.25. The lowest BCUT2D eigenvalue weighted by Crippen LogP contribution is -1.96. The maximum atomic E-state index is 5.46. The molecular weight excluding hydrogens is 268 g/mol. The van der Waals surface area contributed by atoms with E-state index in [9.17, 15) is 0 Å². The molecule has 0 unspecified atom stereocenters. The number of imidazole rings is 1. The molecule has 1 heterocycles. The summed E-state index contributed by atoms with van der Waals surface area (Å²) in [6.45, 7) is 4.11. The van der Waals surface area contributed by atoms with Gasteiger partial charge in [0.2, 0.25) is 0 Å². The van der Waals surface area contributed by atoms with Crippen LogP contribution in [-0.2, 0) is 0 Å². The van der Waals surface area contributed by atoms with Crippen LogP contribution in [0.5, 0.6) is 5.75 Å². The molecule has 1 N–H and O–H groups in total. The number of fused-ring (bicyclic) bond motifs is 1. The average molecular weight is 284 g/mol. The molecule has 0 aliphatic rings. The summed E-state index contributed by atoms with van der Waals surface area (Å²) in [6, 6.07) is 12.4. The first-order chi connectivity index (χ1) is 9.60. The van der Waals surface area contributed by atoms with Crippen molar-refractivity contribution in [2.45, 2.75) is 13.8 Å². The summed E-state index contributed by atoms with van der Waals surface area (Å²) in [5.41, 5.74) is 5.50. The number of methoxy groups -OCH3 is 1. The van der Waals surface area contributed by atoms with Crippen molar-refractivity contribution in [1.82, 2.24) is 9.55 Å². The van der Waals surface area contributed by atoms with Gasteiger partial charge >= 0.3 is 0 Å². The standard InChI is InChI=1S/C16H16N2OS/c1-10-4-6-14-13(8-10)17-16(20)18(14)12-5-7-15(19-3)11(2)9-12/h4-9H,1-3H3,(H,17,20). The van der Waals surface area contributed by atoms with Gasteiger partial charge in [-0.3, -0.25) is 4.57 Å². The molecule has 3 rings (SSSR count). The molecule has 4 heteroatoms. The highest BCUT2D eigenvalue weighted by molar-refractivity contribution is 7.71. The van der Waals surface area contributed by atoms with Crippen molar-refractivity contribution in [3.63, 3.8) is 0 Å². The molecule has 0 saturated heterocycles. The second kappa shape index (κ2) is 4.80. The van der Waals surface area contributed by atoms with Gasteiger partial charge in [-0.15, -0.1) is 0 Å². The number of rotatable bonds is 2. The van der Waals surface area contributed by atoms with Crippen LogP contribution in [-0.4, -0.2) is 16.7 Å². The minimum Gasteiger partial charge on any atom is -0.496 e. The topological polar surface area (TPSA) is 29.9 Å². The Morgan fingerprint density at radius 1 is 1.10 bits per heavy atom. The summed E-state index contributed by atoms with van der Waals surface area (Å²) < 4.78 is 8.06. The van der Waals surface area contributed by atoms with Gasteiger partial charge in [-0.2, -0.15) is 0 Å². The normalized spacial score (nSPS) is 10.9. The van der Waals surface area contributed by atoms with Gasteiger partial charge < -0.3 is 9.72 Å². The van der Waals surface area contributed by atoms with Gasteiger partial charge in [0.25, 0.3) is 0 Å². The lowest BCUT2D eigenvalue weighted by Gasteiger charge is -2.09. The monoisotopic (exact) mass is 284 g/mol. The molecule has 1 aromatic heterocycles. The first-order valence-corrected chi connectivity index (χ1v) is 6.87. The molecule has 0 radical (unpaired) electrons. The number of aromatic amines is 1. The van der Waals surface area contributed by atoms with Crippen molar-refractivity contribution in [3.05, 3.63) is 52.3 Å². The fourth-order valence-corrected chi connectivity index (χ4v) is 2.80. The lowest BCUT2D eigenvalue weighted by atomic mass is 10.2. The Hall–Kier alpha value is -2.07. The summed E-state index contributed by atoms with van der Waals surface area (Å²) in [5, 5.41) is 0. The molecule has 102 valence electrons. The third-order valence-electron chi connectivity index (χ3n) is 3.47. The number of aromatic nitrogens is 2. The van der Waals surface area contributed by atoms with E-state index in [0.29, 0.717) is 4.77 Å². The van der Waals surface area contributed by atoms with Gasteiger partial charge in [0.05, 0.1) is 18.1 Å². The smallest absolute Gasteiger partial charge is 0.182 e.